The van der Waals surface area contributed by atoms with Gasteiger partial charge in [0.1, 0.15) is 0 Å². The third-order valence-electron chi connectivity index (χ3n) is 7.01. The number of rotatable bonds is 5. The average Bonchev–Trinajstić information content (AvgIpc) is 3.38. The molecule has 0 radical (unpaired) electrons. The Labute approximate surface area is 225 Å². The van der Waals surface area contributed by atoms with Crippen molar-refractivity contribution in [2.45, 2.75) is 6.54 Å². The minimum absolute atomic E-state index is 0.0688. The predicted molar refractivity (Wildman–Crippen MR) is 149 cm³/mol. The maximum atomic E-state index is 12.9. The smallest absolute Gasteiger partial charge is 0.313 e. The number of thiophene rings is 1. The molecular formula is C27H32N6O4S. The second kappa shape index (κ2) is 11.5. The zero-order valence-corrected chi connectivity index (χ0v) is 22.0. The van der Waals surface area contributed by atoms with E-state index in [4.69, 9.17) is 16.2 Å². The van der Waals surface area contributed by atoms with Crippen molar-refractivity contribution in [3.8, 4) is 10.4 Å². The molecule has 2 saturated heterocycles. The molecule has 0 aliphatic carbocycles. The van der Waals surface area contributed by atoms with Crippen molar-refractivity contribution in [3.05, 3.63) is 48.0 Å². The van der Waals surface area contributed by atoms with Crippen molar-refractivity contribution >= 4 is 50.5 Å². The molecule has 0 unspecified atom stereocenters. The van der Waals surface area contributed by atoms with Crippen LogP contribution in [0.1, 0.15) is 5.56 Å². The lowest BCUT2D eigenvalue weighted by Gasteiger charge is -2.35. The predicted octanol–water partition coefficient (Wildman–Crippen LogP) is 1.55. The van der Waals surface area contributed by atoms with Crippen LogP contribution >= 0.6 is 11.3 Å². The van der Waals surface area contributed by atoms with Gasteiger partial charge in [-0.1, -0.05) is 18.2 Å². The Balaban J connectivity index is 1.22. The zero-order chi connectivity index (χ0) is 26.6. The number of piperazine rings is 1. The van der Waals surface area contributed by atoms with Crippen LogP contribution in [-0.2, 0) is 25.7 Å². The van der Waals surface area contributed by atoms with E-state index in [1.165, 1.54) is 4.90 Å². The highest BCUT2D eigenvalue weighted by Gasteiger charge is 2.28. The van der Waals surface area contributed by atoms with E-state index < -0.39 is 11.8 Å². The molecule has 0 atom stereocenters. The van der Waals surface area contributed by atoms with Crippen molar-refractivity contribution in [2.24, 2.45) is 5.73 Å². The third-order valence-corrected chi connectivity index (χ3v) is 8.16. The number of carbonyl (C=O) groups excluding carboxylic acids is 3. The minimum atomic E-state index is -0.710. The summed E-state index contributed by atoms with van der Waals surface area (Å²) >= 11 is 1.61. The average molecular weight is 537 g/mol. The molecule has 2 aliphatic rings. The molecular weight excluding hydrogens is 504 g/mol. The summed E-state index contributed by atoms with van der Waals surface area (Å²) in [4.78, 5) is 44.7. The number of morpholine rings is 1. The molecule has 3 amide bonds. The number of hydrogen-bond acceptors (Lipinski definition) is 8. The molecule has 38 heavy (non-hydrogen) atoms. The van der Waals surface area contributed by atoms with E-state index in [1.807, 2.05) is 34.1 Å². The Morgan fingerprint density at radius 3 is 2.39 bits per heavy atom. The first kappa shape index (κ1) is 26.1. The van der Waals surface area contributed by atoms with Crippen LogP contribution < -0.4 is 16.8 Å². The second-order valence-corrected chi connectivity index (χ2v) is 10.5. The summed E-state index contributed by atoms with van der Waals surface area (Å²) in [6.07, 6.45) is 0. The maximum Gasteiger partial charge on any atom is 0.313 e. The molecule has 5 N–H and O–H groups in total. The Bertz CT molecular complexity index is 1310. The van der Waals surface area contributed by atoms with Gasteiger partial charge in [-0.05, 0) is 35.2 Å². The van der Waals surface area contributed by atoms with Crippen LogP contribution in [0.5, 0.6) is 0 Å². The number of nitrogen functional groups attached to an aromatic ring is 1. The topological polar surface area (TPSA) is 134 Å². The number of fused-ring (bicyclic) bond motifs is 1. The molecule has 2 fully saturated rings. The summed E-state index contributed by atoms with van der Waals surface area (Å²) in [7, 11) is 0. The molecule has 5 rings (SSSR count). The Kier molecular flexibility index (Phi) is 7.89. The van der Waals surface area contributed by atoms with Gasteiger partial charge in [-0.3, -0.25) is 19.3 Å². The van der Waals surface area contributed by atoms with Gasteiger partial charge in [0.25, 0.3) is 0 Å². The molecule has 0 bridgehead atoms. The lowest BCUT2D eigenvalue weighted by atomic mass is 10.0. The van der Waals surface area contributed by atoms with Crippen molar-refractivity contribution < 1.29 is 19.1 Å². The fourth-order valence-corrected chi connectivity index (χ4v) is 5.91. The monoisotopic (exact) mass is 536 g/mol. The number of anilines is 2. The molecule has 0 saturated carbocycles. The van der Waals surface area contributed by atoms with Crippen molar-refractivity contribution in [1.29, 1.82) is 0 Å². The van der Waals surface area contributed by atoms with Gasteiger partial charge >= 0.3 is 11.8 Å². The lowest BCUT2D eigenvalue weighted by Crippen LogP contribution is -2.54. The number of benzene rings is 2. The first-order chi connectivity index (χ1) is 18.4. The molecule has 10 nitrogen and oxygen atoms in total. The Morgan fingerprint density at radius 2 is 1.68 bits per heavy atom. The van der Waals surface area contributed by atoms with Gasteiger partial charge in [-0.15, -0.1) is 11.3 Å². The van der Waals surface area contributed by atoms with Crippen LogP contribution in [0.2, 0.25) is 0 Å². The van der Waals surface area contributed by atoms with E-state index in [0.29, 0.717) is 76.0 Å². The molecule has 200 valence electrons. The van der Waals surface area contributed by atoms with Crippen LogP contribution in [0.25, 0.3) is 20.5 Å². The molecule has 2 aromatic carbocycles. The van der Waals surface area contributed by atoms with Crippen molar-refractivity contribution in [2.75, 3.05) is 70.1 Å². The van der Waals surface area contributed by atoms with Crippen LogP contribution in [0.4, 0.5) is 11.4 Å². The van der Waals surface area contributed by atoms with Gasteiger partial charge in [-0.25, -0.2) is 0 Å². The van der Waals surface area contributed by atoms with Gasteiger partial charge in [0.05, 0.1) is 19.8 Å². The summed E-state index contributed by atoms with van der Waals surface area (Å²) < 4.78 is 6.44. The molecule has 3 aromatic rings. The van der Waals surface area contributed by atoms with E-state index in [2.05, 4.69) is 11.4 Å². The summed E-state index contributed by atoms with van der Waals surface area (Å²) in [6, 6.07) is 13.6. The Morgan fingerprint density at radius 1 is 0.947 bits per heavy atom. The third kappa shape index (κ3) is 5.65. The highest BCUT2D eigenvalue weighted by atomic mass is 32.1. The van der Waals surface area contributed by atoms with Crippen molar-refractivity contribution in [1.82, 2.24) is 14.7 Å². The number of nitrogens with two attached hydrogens (primary N) is 2. The number of nitrogens with zero attached hydrogens (tertiary/aromatic N) is 3. The molecule has 1 aromatic heterocycles. The fourth-order valence-electron chi connectivity index (χ4n) is 4.81. The van der Waals surface area contributed by atoms with Crippen LogP contribution in [0, 0.1) is 0 Å². The first-order valence-corrected chi connectivity index (χ1v) is 13.5. The normalized spacial score (nSPS) is 16.6. The standard InChI is InChI=1S/C27H32N6O4S/c28-16-19-13-20(15-21(25(19)29)23-14-18-3-1-2-4-22(18)38-23)30-26(35)27(36)33-7-5-31(6-8-33)17-24(34)32-9-11-37-12-10-32/h1-4,13-15H,5-12,16-17,28-29H2,(H,30,35). The molecule has 3 heterocycles. The van der Waals surface area contributed by atoms with E-state index in [0.717, 1.165) is 20.5 Å². The minimum Gasteiger partial charge on any atom is -0.398 e. The second-order valence-electron chi connectivity index (χ2n) is 9.46. The number of ether oxygens (including phenoxy) is 1. The Hall–Kier alpha value is -3.51. The quantitative estimate of drug-likeness (QED) is 0.333. The summed E-state index contributed by atoms with van der Waals surface area (Å²) in [5.41, 5.74) is 14.9. The highest BCUT2D eigenvalue weighted by Crippen LogP contribution is 2.39. The van der Waals surface area contributed by atoms with E-state index in [9.17, 15) is 14.4 Å². The summed E-state index contributed by atoms with van der Waals surface area (Å²) in [6.45, 7) is 4.68. The number of amides is 3. The number of carbonyl (C=O) groups is 3. The van der Waals surface area contributed by atoms with Gasteiger partial charge in [0.2, 0.25) is 5.91 Å². The zero-order valence-electron chi connectivity index (χ0n) is 21.2. The largest absolute Gasteiger partial charge is 0.398 e. The van der Waals surface area contributed by atoms with E-state index in [1.54, 1.807) is 23.5 Å². The number of hydrogen-bond donors (Lipinski definition) is 3. The SMILES string of the molecule is NCc1cc(NC(=O)C(=O)N2CCN(CC(=O)N3CCOCC3)CC2)cc(-c2cc3ccccc3s2)c1N. The van der Waals surface area contributed by atoms with Gasteiger partial charge in [0, 0.05) is 72.3 Å². The molecule has 2 aliphatic heterocycles. The van der Waals surface area contributed by atoms with Crippen LogP contribution in [-0.4, -0.2) is 91.4 Å². The van der Waals surface area contributed by atoms with Gasteiger partial charge < -0.3 is 31.3 Å². The van der Waals surface area contributed by atoms with Crippen LogP contribution in [0.3, 0.4) is 0 Å². The van der Waals surface area contributed by atoms with Gasteiger partial charge in [-0.2, -0.15) is 0 Å². The number of nitrogens with one attached hydrogen (secondary N) is 1. The highest BCUT2D eigenvalue weighted by molar-refractivity contribution is 7.22. The first-order valence-electron chi connectivity index (χ1n) is 12.7. The fraction of sp³-hybridized carbons (Fsp3) is 0.370. The summed E-state index contributed by atoms with van der Waals surface area (Å²) in [5, 5.41) is 3.86. The van der Waals surface area contributed by atoms with Crippen molar-refractivity contribution in [3.63, 3.8) is 0 Å². The maximum absolute atomic E-state index is 12.9. The van der Waals surface area contributed by atoms with Gasteiger partial charge in [0.15, 0.2) is 0 Å². The van der Waals surface area contributed by atoms with E-state index in [-0.39, 0.29) is 12.5 Å². The van der Waals surface area contributed by atoms with E-state index >= 15 is 0 Å². The van der Waals surface area contributed by atoms with Crippen LogP contribution in [0.15, 0.2) is 42.5 Å². The molecule has 0 spiro atoms. The summed E-state index contributed by atoms with van der Waals surface area (Å²) in [5.74, 6) is -1.24. The molecule has 11 heteroatoms. The lowest BCUT2D eigenvalue weighted by molar-refractivity contribution is -0.145.